The summed E-state index contributed by atoms with van der Waals surface area (Å²) >= 11 is 0. The highest BCUT2D eigenvalue weighted by Gasteiger charge is 2.43. The highest BCUT2D eigenvalue weighted by molar-refractivity contribution is 7.89. The molecular weight excluding hydrogens is 388 g/mol. The van der Waals surface area contributed by atoms with Gasteiger partial charge in [0.2, 0.25) is 15.9 Å². The topological polar surface area (TPSA) is 93.5 Å². The third kappa shape index (κ3) is 4.63. The molecule has 1 heterocycles. The first kappa shape index (κ1) is 21.8. The summed E-state index contributed by atoms with van der Waals surface area (Å²) in [6, 6.07) is 6.02. The van der Waals surface area contributed by atoms with Crippen LogP contribution < -0.4 is 5.32 Å². The molecule has 1 N–H and O–H groups in total. The van der Waals surface area contributed by atoms with Gasteiger partial charge in [0.05, 0.1) is 17.5 Å². The van der Waals surface area contributed by atoms with Crippen molar-refractivity contribution < 1.29 is 13.2 Å². The van der Waals surface area contributed by atoms with Crippen LogP contribution in [0.3, 0.4) is 0 Å². The fourth-order valence-electron chi connectivity index (χ4n) is 4.24. The number of hydrogen-bond acceptors (Lipinski definition) is 5. The lowest BCUT2D eigenvalue weighted by molar-refractivity contribution is -0.123. The van der Waals surface area contributed by atoms with E-state index in [0.29, 0.717) is 31.1 Å². The van der Waals surface area contributed by atoms with Crippen molar-refractivity contribution >= 4 is 15.9 Å². The minimum atomic E-state index is -3.56. The van der Waals surface area contributed by atoms with Crippen LogP contribution in [0, 0.1) is 38.0 Å². The smallest absolute Gasteiger partial charge is 0.243 e. The molecule has 29 heavy (non-hydrogen) atoms. The molecule has 1 saturated heterocycles. The SMILES string of the molecule is Cc1cc(C)c(S(=O)(=O)N2CCN(CC(=O)N[C@@](C)(C#N)C3CC3)CC2)c(C)c1. The monoisotopic (exact) mass is 418 g/mol. The Balaban J connectivity index is 1.60. The Morgan fingerprint density at radius 1 is 1.17 bits per heavy atom. The number of aryl methyl sites for hydroxylation is 3. The van der Waals surface area contributed by atoms with Crippen molar-refractivity contribution in [2.24, 2.45) is 5.92 Å². The lowest BCUT2D eigenvalue weighted by Gasteiger charge is -2.34. The summed E-state index contributed by atoms with van der Waals surface area (Å²) in [4.78, 5) is 14.7. The molecule has 1 aliphatic heterocycles. The Morgan fingerprint density at radius 2 is 1.72 bits per heavy atom. The number of nitrogens with zero attached hydrogens (tertiary/aromatic N) is 3. The van der Waals surface area contributed by atoms with Gasteiger partial charge in [-0.25, -0.2) is 8.42 Å². The van der Waals surface area contributed by atoms with E-state index < -0.39 is 15.6 Å². The zero-order valence-electron chi connectivity index (χ0n) is 17.7. The number of sulfonamides is 1. The normalized spacial score (nSPS) is 20.7. The summed E-state index contributed by atoms with van der Waals surface area (Å²) in [5.41, 5.74) is 1.77. The first-order valence-corrected chi connectivity index (χ1v) is 11.5. The zero-order chi connectivity index (χ0) is 21.4. The lowest BCUT2D eigenvalue weighted by atomic mass is 9.98. The van der Waals surface area contributed by atoms with E-state index in [2.05, 4.69) is 11.4 Å². The van der Waals surface area contributed by atoms with Crippen molar-refractivity contribution in [1.82, 2.24) is 14.5 Å². The molecular formula is C21H30N4O3S. The maximum Gasteiger partial charge on any atom is 0.243 e. The minimum absolute atomic E-state index is 0.178. The fourth-order valence-corrected chi connectivity index (χ4v) is 6.08. The maximum atomic E-state index is 13.2. The van der Waals surface area contributed by atoms with Crippen LogP contribution in [0.5, 0.6) is 0 Å². The van der Waals surface area contributed by atoms with Gasteiger partial charge in [0.1, 0.15) is 5.54 Å². The van der Waals surface area contributed by atoms with Crippen molar-refractivity contribution in [2.45, 2.75) is 51.0 Å². The molecule has 1 aromatic rings. The summed E-state index contributed by atoms with van der Waals surface area (Å²) in [6.07, 6.45) is 1.94. The quantitative estimate of drug-likeness (QED) is 0.759. The highest BCUT2D eigenvalue weighted by Crippen LogP contribution is 2.39. The van der Waals surface area contributed by atoms with Crippen LogP contribution in [0.2, 0.25) is 0 Å². The number of rotatable bonds is 6. The molecule has 2 fully saturated rings. The van der Waals surface area contributed by atoms with Crippen molar-refractivity contribution in [3.8, 4) is 6.07 Å². The summed E-state index contributed by atoms with van der Waals surface area (Å²) in [6.45, 7) is 9.26. The second-order valence-electron chi connectivity index (χ2n) is 8.54. The van der Waals surface area contributed by atoms with E-state index in [-0.39, 0.29) is 18.4 Å². The number of nitriles is 1. The number of carbonyl (C=O) groups is 1. The Hall–Kier alpha value is -1.95. The first-order chi connectivity index (χ1) is 13.6. The van der Waals surface area contributed by atoms with Gasteiger partial charge >= 0.3 is 0 Å². The Kier molecular flexibility index (Phi) is 6.04. The third-order valence-electron chi connectivity index (χ3n) is 5.93. The predicted molar refractivity (Wildman–Crippen MR) is 111 cm³/mol. The number of nitrogens with one attached hydrogen (secondary N) is 1. The molecule has 3 rings (SSSR count). The molecule has 1 atom stereocenters. The van der Waals surface area contributed by atoms with Gasteiger partial charge in [-0.1, -0.05) is 17.7 Å². The van der Waals surface area contributed by atoms with E-state index >= 15 is 0 Å². The molecule has 8 heteroatoms. The Labute approximate surface area is 173 Å². The Morgan fingerprint density at radius 3 is 2.21 bits per heavy atom. The molecule has 0 spiro atoms. The van der Waals surface area contributed by atoms with Gasteiger partial charge in [-0.15, -0.1) is 0 Å². The summed E-state index contributed by atoms with van der Waals surface area (Å²) in [5.74, 6) is 0.0573. The van der Waals surface area contributed by atoms with Gasteiger partial charge in [0.25, 0.3) is 0 Å². The molecule has 1 aromatic carbocycles. The van der Waals surface area contributed by atoms with Crippen molar-refractivity contribution in [3.05, 3.63) is 28.8 Å². The average molecular weight is 419 g/mol. The van der Waals surface area contributed by atoms with Gasteiger partial charge in [0, 0.05) is 26.2 Å². The molecule has 7 nitrogen and oxygen atoms in total. The molecule has 158 valence electrons. The number of piperazine rings is 1. The van der Waals surface area contributed by atoms with Gasteiger partial charge < -0.3 is 5.32 Å². The predicted octanol–water partition coefficient (Wildman–Crippen LogP) is 1.73. The van der Waals surface area contributed by atoms with Crippen LogP contribution in [0.25, 0.3) is 0 Å². The van der Waals surface area contributed by atoms with E-state index in [1.54, 1.807) is 6.92 Å². The second kappa shape index (κ2) is 8.05. The van der Waals surface area contributed by atoms with Crippen LogP contribution in [0.4, 0.5) is 0 Å². The van der Waals surface area contributed by atoms with Crippen LogP contribution in [-0.2, 0) is 14.8 Å². The molecule has 0 unspecified atom stereocenters. The summed E-state index contributed by atoms with van der Waals surface area (Å²) < 4.78 is 27.8. The highest BCUT2D eigenvalue weighted by atomic mass is 32.2. The van der Waals surface area contributed by atoms with Crippen LogP contribution in [-0.4, -0.2) is 61.8 Å². The molecule has 1 aliphatic carbocycles. The molecule has 0 aromatic heterocycles. The first-order valence-electron chi connectivity index (χ1n) is 10.1. The number of amides is 1. The zero-order valence-corrected chi connectivity index (χ0v) is 18.5. The molecule has 0 radical (unpaired) electrons. The van der Waals surface area contributed by atoms with Crippen LogP contribution in [0.15, 0.2) is 17.0 Å². The van der Waals surface area contributed by atoms with Crippen molar-refractivity contribution in [3.63, 3.8) is 0 Å². The number of benzene rings is 1. The maximum absolute atomic E-state index is 13.2. The van der Waals surface area contributed by atoms with Crippen molar-refractivity contribution in [1.29, 1.82) is 5.26 Å². The summed E-state index contributed by atoms with van der Waals surface area (Å²) in [7, 11) is -3.56. The van der Waals surface area contributed by atoms with Crippen molar-refractivity contribution in [2.75, 3.05) is 32.7 Å². The standard InChI is InChI=1S/C21H30N4O3S/c1-15-11-16(2)20(17(3)12-15)29(27,28)25-9-7-24(8-10-25)13-19(26)23-21(4,14-22)18-5-6-18/h11-12,18H,5-10,13H2,1-4H3,(H,23,26)/t21-/m0/s1. The van der Waals surface area contributed by atoms with Gasteiger partial charge in [0.15, 0.2) is 0 Å². The van der Waals surface area contributed by atoms with Gasteiger partial charge in [-0.3, -0.25) is 9.69 Å². The van der Waals surface area contributed by atoms with E-state index in [9.17, 15) is 18.5 Å². The molecule has 2 aliphatic rings. The van der Waals surface area contributed by atoms with E-state index in [0.717, 1.165) is 29.5 Å². The lowest BCUT2D eigenvalue weighted by Crippen LogP contribution is -2.54. The van der Waals surface area contributed by atoms with Gasteiger partial charge in [-0.05, 0) is 57.6 Å². The van der Waals surface area contributed by atoms with E-state index in [4.69, 9.17) is 0 Å². The molecule has 0 bridgehead atoms. The number of hydrogen-bond donors (Lipinski definition) is 1. The largest absolute Gasteiger partial charge is 0.337 e. The average Bonchev–Trinajstić information content (AvgIpc) is 3.46. The number of carbonyl (C=O) groups excluding carboxylic acids is 1. The van der Waals surface area contributed by atoms with E-state index in [1.807, 2.05) is 37.8 Å². The minimum Gasteiger partial charge on any atom is -0.337 e. The van der Waals surface area contributed by atoms with Crippen LogP contribution in [0.1, 0.15) is 36.5 Å². The van der Waals surface area contributed by atoms with Gasteiger partial charge in [-0.2, -0.15) is 9.57 Å². The Bertz CT molecular complexity index is 918. The summed E-state index contributed by atoms with van der Waals surface area (Å²) in [5, 5.41) is 12.3. The second-order valence-corrected chi connectivity index (χ2v) is 10.4. The fraction of sp³-hybridized carbons (Fsp3) is 0.619. The van der Waals surface area contributed by atoms with E-state index in [1.165, 1.54) is 4.31 Å². The third-order valence-corrected chi connectivity index (χ3v) is 8.13. The molecule has 1 amide bonds. The van der Waals surface area contributed by atoms with Crippen LogP contribution >= 0.6 is 0 Å². The molecule has 1 saturated carbocycles.